The molecule has 0 radical (unpaired) electrons. The number of hydrogen-bond donors (Lipinski definition) is 2. The quantitative estimate of drug-likeness (QED) is 0.692. The number of halogens is 1. The van der Waals surface area contributed by atoms with Gasteiger partial charge in [-0.15, -0.1) is 0 Å². The Morgan fingerprint density at radius 2 is 1.82 bits per heavy atom. The third kappa shape index (κ3) is 6.19. The predicted octanol–water partition coefficient (Wildman–Crippen LogP) is 2.71. The van der Waals surface area contributed by atoms with E-state index in [0.717, 1.165) is 19.5 Å². The van der Waals surface area contributed by atoms with Gasteiger partial charge in [-0.3, -0.25) is 14.5 Å². The average Bonchev–Trinajstić information content (AvgIpc) is 2.70. The number of nitrogens with one attached hydrogen (secondary N) is 2. The maximum Gasteiger partial charge on any atom is 0.251 e. The fourth-order valence-electron chi connectivity index (χ4n) is 3.22. The highest BCUT2D eigenvalue weighted by atomic mass is 35.5. The number of ether oxygens (including phenoxy) is 1. The molecule has 2 amide bonds. The highest BCUT2D eigenvalue weighted by Crippen LogP contribution is 2.16. The molecule has 1 saturated heterocycles. The van der Waals surface area contributed by atoms with Crippen molar-refractivity contribution >= 4 is 23.4 Å². The maximum atomic E-state index is 12.9. The number of nitrogens with zero attached hydrogens (tertiary/aromatic N) is 1. The lowest BCUT2D eigenvalue weighted by Gasteiger charge is -2.41. The molecule has 1 aliphatic rings. The molecular formula is C21H32ClN3O3. The van der Waals surface area contributed by atoms with E-state index < -0.39 is 6.04 Å². The summed E-state index contributed by atoms with van der Waals surface area (Å²) in [7, 11) is 0. The minimum Gasteiger partial charge on any atom is -0.379 e. The molecule has 0 spiro atoms. The topological polar surface area (TPSA) is 70.7 Å². The maximum absolute atomic E-state index is 12.9. The SMILES string of the molecule is CCC(C)C(NC(=O)c1ccc(Cl)cc1)C(=O)NCC(C)(C)N1CCOCC1. The summed E-state index contributed by atoms with van der Waals surface area (Å²) in [4.78, 5) is 27.8. The van der Waals surface area contributed by atoms with E-state index in [1.807, 2.05) is 13.8 Å². The number of morpholine rings is 1. The Labute approximate surface area is 172 Å². The van der Waals surface area contributed by atoms with Gasteiger partial charge in [-0.1, -0.05) is 31.9 Å². The van der Waals surface area contributed by atoms with Crippen molar-refractivity contribution in [3.63, 3.8) is 0 Å². The first kappa shape index (κ1) is 22.7. The van der Waals surface area contributed by atoms with E-state index >= 15 is 0 Å². The molecule has 2 rings (SSSR count). The second-order valence-electron chi connectivity index (χ2n) is 7.97. The van der Waals surface area contributed by atoms with Crippen LogP contribution in [0.15, 0.2) is 24.3 Å². The molecular weight excluding hydrogens is 378 g/mol. The summed E-state index contributed by atoms with van der Waals surface area (Å²) in [6.45, 7) is 11.8. The van der Waals surface area contributed by atoms with Gasteiger partial charge in [-0.05, 0) is 44.0 Å². The Kier molecular flexibility index (Phi) is 8.28. The molecule has 1 heterocycles. The van der Waals surface area contributed by atoms with E-state index in [-0.39, 0.29) is 23.3 Å². The van der Waals surface area contributed by atoms with Crippen molar-refractivity contribution in [2.45, 2.75) is 45.7 Å². The van der Waals surface area contributed by atoms with Crippen LogP contribution in [-0.4, -0.2) is 61.1 Å². The Morgan fingerprint density at radius 3 is 2.39 bits per heavy atom. The summed E-state index contributed by atoms with van der Waals surface area (Å²) in [5.74, 6) is -0.412. The van der Waals surface area contributed by atoms with E-state index in [4.69, 9.17) is 16.3 Å². The van der Waals surface area contributed by atoms with Crippen LogP contribution in [0.5, 0.6) is 0 Å². The molecule has 0 aliphatic carbocycles. The molecule has 2 unspecified atom stereocenters. The predicted molar refractivity (Wildman–Crippen MR) is 112 cm³/mol. The second-order valence-corrected chi connectivity index (χ2v) is 8.41. The van der Waals surface area contributed by atoms with Crippen LogP contribution in [-0.2, 0) is 9.53 Å². The lowest BCUT2D eigenvalue weighted by atomic mass is 9.96. The molecule has 1 fully saturated rings. The summed E-state index contributed by atoms with van der Waals surface area (Å²) in [6, 6.07) is 6.06. The van der Waals surface area contributed by atoms with Gasteiger partial charge in [0.15, 0.2) is 0 Å². The van der Waals surface area contributed by atoms with Crippen molar-refractivity contribution < 1.29 is 14.3 Å². The molecule has 156 valence electrons. The average molecular weight is 410 g/mol. The number of rotatable bonds is 8. The van der Waals surface area contributed by atoms with Gasteiger partial charge in [-0.25, -0.2) is 0 Å². The lowest BCUT2D eigenvalue weighted by Crippen LogP contribution is -2.58. The van der Waals surface area contributed by atoms with Gasteiger partial charge in [0.05, 0.1) is 13.2 Å². The number of hydrogen-bond acceptors (Lipinski definition) is 4. The van der Waals surface area contributed by atoms with Gasteiger partial charge >= 0.3 is 0 Å². The van der Waals surface area contributed by atoms with Crippen LogP contribution in [0, 0.1) is 5.92 Å². The van der Waals surface area contributed by atoms with Crippen LogP contribution in [0.2, 0.25) is 5.02 Å². The van der Waals surface area contributed by atoms with Crippen LogP contribution < -0.4 is 10.6 Å². The zero-order chi connectivity index (χ0) is 20.7. The van der Waals surface area contributed by atoms with E-state index in [9.17, 15) is 9.59 Å². The van der Waals surface area contributed by atoms with Gasteiger partial charge in [0.25, 0.3) is 5.91 Å². The third-order valence-corrected chi connectivity index (χ3v) is 5.70. The van der Waals surface area contributed by atoms with Crippen LogP contribution in [0.4, 0.5) is 0 Å². The zero-order valence-electron chi connectivity index (χ0n) is 17.3. The van der Waals surface area contributed by atoms with Crippen molar-refractivity contribution in [3.8, 4) is 0 Å². The minimum absolute atomic E-state index is 0.0164. The standard InChI is InChI=1S/C21H32ClN3O3/c1-5-15(2)18(24-19(26)16-6-8-17(22)9-7-16)20(27)23-14-21(3,4)25-10-12-28-13-11-25/h6-9,15,18H,5,10-14H2,1-4H3,(H,23,27)(H,24,26). The molecule has 6 nitrogen and oxygen atoms in total. The van der Waals surface area contributed by atoms with E-state index in [0.29, 0.717) is 30.3 Å². The smallest absolute Gasteiger partial charge is 0.251 e. The highest BCUT2D eigenvalue weighted by Gasteiger charge is 2.31. The Hall–Kier alpha value is -1.63. The van der Waals surface area contributed by atoms with Gasteiger partial charge in [-0.2, -0.15) is 0 Å². The van der Waals surface area contributed by atoms with Crippen LogP contribution >= 0.6 is 11.6 Å². The fourth-order valence-corrected chi connectivity index (χ4v) is 3.35. The molecule has 2 N–H and O–H groups in total. The third-order valence-electron chi connectivity index (χ3n) is 5.45. The second kappa shape index (κ2) is 10.2. The summed E-state index contributed by atoms with van der Waals surface area (Å²) < 4.78 is 5.41. The fraction of sp³-hybridized carbons (Fsp3) is 0.619. The summed E-state index contributed by atoms with van der Waals surface area (Å²) in [5.41, 5.74) is 0.304. The molecule has 28 heavy (non-hydrogen) atoms. The first-order valence-electron chi connectivity index (χ1n) is 9.91. The van der Waals surface area contributed by atoms with Gasteiger partial charge in [0, 0.05) is 35.8 Å². The molecule has 1 aromatic carbocycles. The van der Waals surface area contributed by atoms with Crippen LogP contribution in [0.3, 0.4) is 0 Å². The monoisotopic (exact) mass is 409 g/mol. The van der Waals surface area contributed by atoms with E-state index in [1.54, 1.807) is 24.3 Å². The lowest BCUT2D eigenvalue weighted by molar-refractivity contribution is -0.125. The summed E-state index contributed by atoms with van der Waals surface area (Å²) >= 11 is 5.89. The molecule has 1 aliphatic heterocycles. The summed E-state index contributed by atoms with van der Waals surface area (Å²) in [6.07, 6.45) is 0.784. The number of carbonyl (C=O) groups excluding carboxylic acids is 2. The molecule has 7 heteroatoms. The Bertz CT molecular complexity index is 657. The summed E-state index contributed by atoms with van der Waals surface area (Å²) in [5, 5.41) is 6.50. The minimum atomic E-state index is -0.589. The normalized spacial score (nSPS) is 17.6. The first-order chi connectivity index (χ1) is 13.2. The molecule has 2 atom stereocenters. The number of carbonyl (C=O) groups is 2. The largest absolute Gasteiger partial charge is 0.379 e. The van der Waals surface area contributed by atoms with E-state index in [2.05, 4.69) is 29.4 Å². The van der Waals surface area contributed by atoms with Crippen molar-refractivity contribution in [2.75, 3.05) is 32.8 Å². The van der Waals surface area contributed by atoms with Gasteiger partial charge in [0.1, 0.15) is 6.04 Å². The highest BCUT2D eigenvalue weighted by molar-refractivity contribution is 6.30. The Balaban J connectivity index is 2.00. The van der Waals surface area contributed by atoms with Gasteiger partial charge < -0.3 is 15.4 Å². The molecule has 0 aromatic heterocycles. The number of benzene rings is 1. The van der Waals surface area contributed by atoms with Gasteiger partial charge in [0.2, 0.25) is 5.91 Å². The number of amides is 2. The molecule has 1 aromatic rings. The van der Waals surface area contributed by atoms with Crippen molar-refractivity contribution in [2.24, 2.45) is 5.92 Å². The molecule has 0 saturated carbocycles. The molecule has 0 bridgehead atoms. The van der Waals surface area contributed by atoms with Crippen LogP contribution in [0.25, 0.3) is 0 Å². The zero-order valence-corrected chi connectivity index (χ0v) is 18.0. The van der Waals surface area contributed by atoms with Crippen molar-refractivity contribution in [3.05, 3.63) is 34.9 Å². The first-order valence-corrected chi connectivity index (χ1v) is 10.3. The van der Waals surface area contributed by atoms with E-state index in [1.165, 1.54) is 0 Å². The van der Waals surface area contributed by atoms with Crippen molar-refractivity contribution in [1.29, 1.82) is 0 Å². The van der Waals surface area contributed by atoms with Crippen molar-refractivity contribution in [1.82, 2.24) is 15.5 Å². The van der Waals surface area contributed by atoms with Crippen LogP contribution in [0.1, 0.15) is 44.5 Å². The Morgan fingerprint density at radius 1 is 1.21 bits per heavy atom.